The third kappa shape index (κ3) is 11.3. The minimum Gasteiger partial charge on any atom is -0.382 e. The average Bonchev–Trinajstić information content (AvgIpc) is 3.44. The van der Waals surface area contributed by atoms with Crippen molar-refractivity contribution in [1.82, 2.24) is 19.9 Å². The summed E-state index contributed by atoms with van der Waals surface area (Å²) < 4.78 is 13.4. The van der Waals surface area contributed by atoms with Gasteiger partial charge in [-0.15, -0.1) is 0 Å². The van der Waals surface area contributed by atoms with Gasteiger partial charge in [0.2, 0.25) is 11.8 Å². The van der Waals surface area contributed by atoms with Crippen molar-refractivity contribution >= 4 is 45.3 Å². The van der Waals surface area contributed by atoms with Crippen LogP contribution < -0.4 is 16.4 Å². The van der Waals surface area contributed by atoms with Crippen molar-refractivity contribution in [1.29, 1.82) is 0 Å². The number of imidazole rings is 1. The van der Waals surface area contributed by atoms with Gasteiger partial charge in [-0.2, -0.15) is 0 Å². The Morgan fingerprint density at radius 1 is 0.809 bits per heavy atom. The lowest BCUT2D eigenvalue weighted by molar-refractivity contribution is -0.122. The van der Waals surface area contributed by atoms with Crippen LogP contribution in [-0.2, 0) is 32.0 Å². The van der Waals surface area contributed by atoms with E-state index in [1.165, 1.54) is 0 Å². The van der Waals surface area contributed by atoms with E-state index in [4.69, 9.17) is 20.2 Å². The van der Waals surface area contributed by atoms with Crippen LogP contribution in [0.25, 0.3) is 21.9 Å². The van der Waals surface area contributed by atoms with Gasteiger partial charge in [-0.3, -0.25) is 9.59 Å². The van der Waals surface area contributed by atoms with Gasteiger partial charge in [0.05, 0.1) is 43.9 Å². The van der Waals surface area contributed by atoms with Crippen LogP contribution in [0.5, 0.6) is 0 Å². The lowest BCUT2D eigenvalue weighted by Gasteiger charge is -2.11. The number of anilines is 2. The van der Waals surface area contributed by atoms with E-state index in [-0.39, 0.29) is 24.7 Å². The van der Waals surface area contributed by atoms with E-state index in [9.17, 15) is 9.59 Å². The van der Waals surface area contributed by atoms with Crippen molar-refractivity contribution in [3.63, 3.8) is 0 Å². The number of aryl methyl sites for hydroxylation is 3. The molecular formula is C37H48N6O4. The molecule has 0 unspecified atom stereocenters. The van der Waals surface area contributed by atoms with Crippen molar-refractivity contribution in [3.05, 3.63) is 84.2 Å². The number of aromatic nitrogens is 3. The van der Waals surface area contributed by atoms with Crippen LogP contribution in [0.3, 0.4) is 0 Å². The zero-order valence-electron chi connectivity index (χ0n) is 27.7. The summed E-state index contributed by atoms with van der Waals surface area (Å²) in [6, 6.07) is 23.4. The molecule has 0 fully saturated rings. The number of hydrogen-bond donors (Lipinski definition) is 3. The predicted molar refractivity (Wildman–Crippen MR) is 189 cm³/mol. The number of nitrogens with one attached hydrogen (secondary N) is 2. The summed E-state index contributed by atoms with van der Waals surface area (Å²) in [4.78, 5) is 34.1. The number of carbonyl (C=O) groups excluding carboxylic acids is 2. The fraction of sp³-hybridized carbons (Fsp3) is 0.405. The Labute approximate surface area is 277 Å². The maximum Gasteiger partial charge on any atom is 0.226 e. The maximum atomic E-state index is 12.3. The molecule has 0 bridgehead atoms. The smallest absolute Gasteiger partial charge is 0.226 e. The fourth-order valence-corrected chi connectivity index (χ4v) is 5.17. The number of nitrogen functional groups attached to an aromatic ring is 1. The zero-order valence-corrected chi connectivity index (χ0v) is 27.7. The largest absolute Gasteiger partial charge is 0.382 e. The molecule has 0 aliphatic carbocycles. The summed E-state index contributed by atoms with van der Waals surface area (Å²) in [5.41, 5.74) is 10.8. The second-order valence-corrected chi connectivity index (χ2v) is 11.5. The van der Waals surface area contributed by atoms with Crippen LogP contribution >= 0.6 is 0 Å². The Balaban J connectivity index is 1.09. The molecule has 0 spiro atoms. The number of unbranched alkanes of at least 4 members (excludes halogenated alkanes) is 2. The minimum absolute atomic E-state index is 0.0374. The lowest BCUT2D eigenvalue weighted by Crippen LogP contribution is -2.26. The number of nitrogens with two attached hydrogens (primary N) is 1. The molecule has 0 saturated heterocycles. The average molecular weight is 641 g/mol. The summed E-state index contributed by atoms with van der Waals surface area (Å²) >= 11 is 0. The number of carbonyl (C=O) groups is 2. The molecule has 0 aliphatic heterocycles. The third-order valence-corrected chi connectivity index (χ3v) is 7.67. The van der Waals surface area contributed by atoms with Crippen LogP contribution in [0.4, 0.5) is 11.5 Å². The summed E-state index contributed by atoms with van der Waals surface area (Å²) in [6.07, 6.45) is 5.30. The van der Waals surface area contributed by atoms with E-state index >= 15 is 0 Å². The van der Waals surface area contributed by atoms with Gasteiger partial charge in [0.15, 0.2) is 5.82 Å². The topological polar surface area (TPSA) is 133 Å². The maximum absolute atomic E-state index is 12.3. The summed E-state index contributed by atoms with van der Waals surface area (Å²) in [6.45, 7) is 6.90. The summed E-state index contributed by atoms with van der Waals surface area (Å²) in [5.74, 6) is 1.34. The normalized spacial score (nSPS) is 11.0. The highest BCUT2D eigenvalue weighted by molar-refractivity contribution is 6.06. The van der Waals surface area contributed by atoms with Crippen molar-refractivity contribution in [2.75, 3.05) is 44.0 Å². The summed E-state index contributed by atoms with van der Waals surface area (Å²) in [5, 5.41) is 6.95. The number of para-hydroxylation sites is 1. The van der Waals surface area contributed by atoms with E-state index in [1.807, 2.05) is 73.7 Å². The van der Waals surface area contributed by atoms with Gasteiger partial charge in [0, 0.05) is 37.0 Å². The van der Waals surface area contributed by atoms with E-state index < -0.39 is 0 Å². The van der Waals surface area contributed by atoms with Crippen molar-refractivity contribution in [3.8, 4) is 0 Å². The second kappa shape index (κ2) is 19.2. The fourth-order valence-electron chi connectivity index (χ4n) is 5.17. The van der Waals surface area contributed by atoms with Gasteiger partial charge in [0.25, 0.3) is 0 Å². The minimum atomic E-state index is -0.119. The Morgan fingerprint density at radius 2 is 1.53 bits per heavy atom. The van der Waals surface area contributed by atoms with Gasteiger partial charge in [0.1, 0.15) is 11.3 Å². The molecule has 0 atom stereocenters. The zero-order chi connectivity index (χ0) is 33.3. The van der Waals surface area contributed by atoms with Gasteiger partial charge in [-0.25, -0.2) is 9.97 Å². The first kappa shape index (κ1) is 35.3. The third-order valence-electron chi connectivity index (χ3n) is 7.67. The Bertz CT molecular complexity index is 1670. The van der Waals surface area contributed by atoms with Crippen LogP contribution in [0.15, 0.2) is 72.8 Å². The molecular weight excluding hydrogens is 592 g/mol. The molecule has 47 heavy (non-hydrogen) atoms. The number of ether oxygens (including phenoxy) is 2. The number of benzene rings is 1. The molecule has 4 N–H and O–H groups in total. The number of hydrogen-bond acceptors (Lipinski definition) is 7. The number of nitrogens with zero attached hydrogens (tertiary/aromatic N) is 3. The standard InChI is InChI=1S/C37H48N6O4/c1-3-4-17-32-42-35-36(30-15-9-10-16-31(30)41-37(35)38)43(32)23-12-11-22-39-33(44)20-24-46-26-27-47-25-21-34(45)40-29-14-8-6-5-7-13-28(2)18-19-29/h5-10,13-16,18-19H,3-4,11-12,17,20-27H2,1-2H3,(H2,38,41)(H,39,44)(H,40,45). The lowest BCUT2D eigenvalue weighted by atomic mass is 10.2. The van der Waals surface area contributed by atoms with Gasteiger partial charge < -0.3 is 30.4 Å². The number of amides is 2. The second-order valence-electron chi connectivity index (χ2n) is 11.5. The molecule has 0 radical (unpaired) electrons. The van der Waals surface area contributed by atoms with Crippen molar-refractivity contribution in [2.45, 2.75) is 65.3 Å². The number of pyridine rings is 1. The molecule has 10 nitrogen and oxygen atoms in total. The first-order chi connectivity index (χ1) is 23.0. The Morgan fingerprint density at radius 3 is 2.32 bits per heavy atom. The van der Waals surface area contributed by atoms with Crippen LogP contribution in [0.2, 0.25) is 0 Å². The number of fused-ring (bicyclic) bond motifs is 3. The molecule has 0 saturated carbocycles. The molecule has 2 amide bonds. The van der Waals surface area contributed by atoms with E-state index in [1.54, 1.807) is 0 Å². The van der Waals surface area contributed by atoms with Gasteiger partial charge >= 0.3 is 0 Å². The Hall–Kier alpha value is -4.54. The molecule has 250 valence electrons. The highest BCUT2D eigenvalue weighted by Crippen LogP contribution is 2.29. The summed E-state index contributed by atoms with van der Waals surface area (Å²) in [7, 11) is 0. The highest BCUT2D eigenvalue weighted by Gasteiger charge is 2.17. The van der Waals surface area contributed by atoms with E-state index in [0.717, 1.165) is 77.7 Å². The van der Waals surface area contributed by atoms with Crippen molar-refractivity contribution < 1.29 is 19.1 Å². The van der Waals surface area contributed by atoms with Crippen LogP contribution in [-0.4, -0.2) is 59.3 Å². The quantitative estimate of drug-likeness (QED) is 0.109. The van der Waals surface area contributed by atoms with Crippen molar-refractivity contribution in [2.24, 2.45) is 0 Å². The molecule has 10 heteroatoms. The molecule has 2 aromatic carbocycles. The van der Waals surface area contributed by atoms with E-state index in [2.05, 4.69) is 33.2 Å². The first-order valence-corrected chi connectivity index (χ1v) is 16.6. The molecule has 2 heterocycles. The first-order valence-electron chi connectivity index (χ1n) is 16.6. The van der Waals surface area contributed by atoms with Crippen LogP contribution in [0.1, 0.15) is 56.8 Å². The molecule has 2 aromatic heterocycles. The molecule has 0 aliphatic rings. The van der Waals surface area contributed by atoms with Crippen LogP contribution in [0, 0.1) is 6.92 Å². The SMILES string of the molecule is CCCCc1nc2c(N)nc3ccccc3c2n1CCCCNC(=O)CCOCCOCCC(=O)Nc1ccccccc(C)cc1. The predicted octanol–water partition coefficient (Wildman–Crippen LogP) is 6.29. The highest BCUT2D eigenvalue weighted by atomic mass is 16.5. The Kier molecular flexibility index (Phi) is 14.4. The number of rotatable bonds is 18. The van der Waals surface area contributed by atoms with Gasteiger partial charge in [-0.1, -0.05) is 73.5 Å². The van der Waals surface area contributed by atoms with E-state index in [0.29, 0.717) is 38.8 Å². The molecule has 4 aromatic rings. The molecule has 4 rings (SSSR count). The monoisotopic (exact) mass is 640 g/mol. The van der Waals surface area contributed by atoms with Gasteiger partial charge in [-0.05, 0) is 44.4 Å².